The molecule has 1 saturated carbocycles. The van der Waals surface area contributed by atoms with Gasteiger partial charge >= 0.3 is 0 Å². The SMILES string of the molecule is Cc1ncc(CNC(=O)C2CCCC2N)s1.Cl.Cl. The van der Waals surface area contributed by atoms with E-state index in [4.69, 9.17) is 5.73 Å². The van der Waals surface area contributed by atoms with E-state index in [2.05, 4.69) is 10.3 Å². The first-order valence-corrected chi connectivity index (χ1v) is 6.43. The van der Waals surface area contributed by atoms with Gasteiger partial charge < -0.3 is 11.1 Å². The Morgan fingerprint density at radius 2 is 2.28 bits per heavy atom. The van der Waals surface area contributed by atoms with Gasteiger partial charge in [0.2, 0.25) is 5.91 Å². The second kappa shape index (κ2) is 7.94. The van der Waals surface area contributed by atoms with Crippen LogP contribution in [0.4, 0.5) is 0 Å². The highest BCUT2D eigenvalue weighted by atomic mass is 35.5. The standard InChI is InChI=1S/C11H17N3OS.2ClH/c1-7-13-5-8(16-7)6-14-11(15)9-3-2-4-10(9)12;;/h5,9-10H,2-4,6,12H2,1H3,(H,14,15);2*1H. The van der Waals surface area contributed by atoms with Crippen molar-refractivity contribution in [3.8, 4) is 0 Å². The Kier molecular flexibility index (Phi) is 7.78. The fraction of sp³-hybridized carbons (Fsp3) is 0.636. The predicted octanol–water partition coefficient (Wildman–Crippen LogP) is 2.04. The summed E-state index contributed by atoms with van der Waals surface area (Å²) >= 11 is 1.62. The van der Waals surface area contributed by atoms with Gasteiger partial charge in [-0.2, -0.15) is 0 Å². The van der Waals surface area contributed by atoms with Crippen LogP contribution in [0, 0.1) is 12.8 Å². The van der Waals surface area contributed by atoms with E-state index in [1.165, 1.54) is 0 Å². The minimum atomic E-state index is 0. The number of thiazole rings is 1. The lowest BCUT2D eigenvalue weighted by Crippen LogP contribution is -2.38. The van der Waals surface area contributed by atoms with Gasteiger partial charge in [-0.25, -0.2) is 4.98 Å². The van der Waals surface area contributed by atoms with Crippen LogP contribution in [0.5, 0.6) is 0 Å². The Morgan fingerprint density at radius 3 is 2.78 bits per heavy atom. The van der Waals surface area contributed by atoms with E-state index in [0.717, 1.165) is 29.1 Å². The molecule has 0 saturated heterocycles. The molecule has 0 aromatic carbocycles. The van der Waals surface area contributed by atoms with E-state index in [-0.39, 0.29) is 42.7 Å². The number of halogens is 2. The van der Waals surface area contributed by atoms with Crippen molar-refractivity contribution in [3.63, 3.8) is 0 Å². The van der Waals surface area contributed by atoms with Gasteiger partial charge in [-0.3, -0.25) is 4.79 Å². The summed E-state index contributed by atoms with van der Waals surface area (Å²) < 4.78 is 0. The minimum Gasteiger partial charge on any atom is -0.351 e. The highest BCUT2D eigenvalue weighted by molar-refractivity contribution is 7.11. The first kappa shape index (κ1) is 17.6. The lowest BCUT2D eigenvalue weighted by Gasteiger charge is -2.14. The Labute approximate surface area is 124 Å². The number of nitrogens with one attached hydrogen (secondary N) is 1. The number of aromatic nitrogens is 1. The van der Waals surface area contributed by atoms with E-state index < -0.39 is 0 Å². The molecule has 104 valence electrons. The molecule has 7 heteroatoms. The van der Waals surface area contributed by atoms with Gasteiger partial charge in [-0.05, 0) is 19.8 Å². The first-order chi connectivity index (χ1) is 7.66. The molecular formula is C11H19Cl2N3OS. The summed E-state index contributed by atoms with van der Waals surface area (Å²) in [4.78, 5) is 17.1. The molecule has 1 fully saturated rings. The van der Waals surface area contributed by atoms with Crippen LogP contribution in [0.15, 0.2) is 6.20 Å². The summed E-state index contributed by atoms with van der Waals surface area (Å²) in [6.07, 6.45) is 4.78. The van der Waals surface area contributed by atoms with Crippen molar-refractivity contribution in [1.82, 2.24) is 10.3 Å². The van der Waals surface area contributed by atoms with E-state index >= 15 is 0 Å². The molecule has 1 aromatic rings. The van der Waals surface area contributed by atoms with Gasteiger partial charge in [0.05, 0.1) is 17.5 Å². The van der Waals surface area contributed by atoms with Gasteiger partial charge in [0, 0.05) is 17.1 Å². The number of nitrogens with two attached hydrogens (primary N) is 1. The van der Waals surface area contributed by atoms with Crippen LogP contribution in [0.3, 0.4) is 0 Å². The maximum atomic E-state index is 11.8. The topological polar surface area (TPSA) is 68.0 Å². The van der Waals surface area contributed by atoms with Gasteiger partial charge in [-0.1, -0.05) is 6.42 Å². The molecule has 1 aromatic heterocycles. The fourth-order valence-electron chi connectivity index (χ4n) is 2.11. The van der Waals surface area contributed by atoms with Crippen LogP contribution >= 0.6 is 36.2 Å². The third kappa shape index (κ3) is 4.39. The van der Waals surface area contributed by atoms with Crippen molar-refractivity contribution >= 4 is 42.1 Å². The number of carbonyl (C=O) groups is 1. The number of aryl methyl sites for hydroxylation is 1. The molecule has 1 amide bonds. The molecule has 1 aliphatic carbocycles. The van der Waals surface area contributed by atoms with Crippen molar-refractivity contribution in [2.75, 3.05) is 0 Å². The third-order valence-corrected chi connectivity index (χ3v) is 3.92. The quantitative estimate of drug-likeness (QED) is 0.897. The summed E-state index contributed by atoms with van der Waals surface area (Å²) in [5.74, 6) is 0.102. The molecule has 0 aliphatic heterocycles. The number of rotatable bonds is 3. The highest BCUT2D eigenvalue weighted by Crippen LogP contribution is 2.24. The van der Waals surface area contributed by atoms with E-state index in [9.17, 15) is 4.79 Å². The molecule has 0 bridgehead atoms. The van der Waals surface area contributed by atoms with E-state index in [1.54, 1.807) is 11.3 Å². The number of hydrogen-bond donors (Lipinski definition) is 2. The summed E-state index contributed by atoms with van der Waals surface area (Å²) in [6.45, 7) is 2.54. The predicted molar refractivity (Wildman–Crippen MR) is 78.5 cm³/mol. The highest BCUT2D eigenvalue weighted by Gasteiger charge is 2.29. The van der Waals surface area contributed by atoms with Crippen molar-refractivity contribution in [3.05, 3.63) is 16.1 Å². The van der Waals surface area contributed by atoms with Crippen molar-refractivity contribution in [1.29, 1.82) is 0 Å². The van der Waals surface area contributed by atoms with Gasteiger partial charge in [-0.15, -0.1) is 36.2 Å². The second-order valence-electron chi connectivity index (χ2n) is 4.26. The van der Waals surface area contributed by atoms with Gasteiger partial charge in [0.15, 0.2) is 0 Å². The van der Waals surface area contributed by atoms with Gasteiger partial charge in [0.1, 0.15) is 0 Å². The summed E-state index contributed by atoms with van der Waals surface area (Å²) in [6, 6.07) is 0.0446. The summed E-state index contributed by atoms with van der Waals surface area (Å²) in [5.41, 5.74) is 5.88. The van der Waals surface area contributed by atoms with Crippen LogP contribution in [0.1, 0.15) is 29.1 Å². The molecule has 2 atom stereocenters. The van der Waals surface area contributed by atoms with Crippen molar-refractivity contribution in [2.45, 2.75) is 38.8 Å². The molecule has 1 aliphatic rings. The third-order valence-electron chi connectivity index (χ3n) is 3.01. The zero-order valence-electron chi connectivity index (χ0n) is 10.2. The molecular weight excluding hydrogens is 293 g/mol. The Hall–Kier alpha value is -0.360. The normalized spacial score (nSPS) is 21.9. The lowest BCUT2D eigenvalue weighted by atomic mass is 10.0. The maximum absolute atomic E-state index is 11.8. The largest absolute Gasteiger partial charge is 0.351 e. The average molecular weight is 312 g/mol. The van der Waals surface area contributed by atoms with Crippen LogP contribution < -0.4 is 11.1 Å². The summed E-state index contributed by atoms with van der Waals surface area (Å²) in [5, 5.41) is 3.97. The van der Waals surface area contributed by atoms with E-state index in [0.29, 0.717) is 6.54 Å². The molecule has 3 N–H and O–H groups in total. The fourth-order valence-corrected chi connectivity index (χ4v) is 2.84. The maximum Gasteiger partial charge on any atom is 0.224 e. The molecule has 0 spiro atoms. The molecule has 2 rings (SSSR count). The zero-order chi connectivity index (χ0) is 11.5. The Balaban J connectivity index is 0.00000144. The van der Waals surface area contributed by atoms with Crippen molar-refractivity contribution < 1.29 is 4.79 Å². The van der Waals surface area contributed by atoms with Crippen LogP contribution in [0.2, 0.25) is 0 Å². The Morgan fingerprint density at radius 1 is 1.56 bits per heavy atom. The smallest absolute Gasteiger partial charge is 0.224 e. The number of amides is 1. The van der Waals surface area contributed by atoms with Crippen LogP contribution in [-0.2, 0) is 11.3 Å². The van der Waals surface area contributed by atoms with Crippen molar-refractivity contribution in [2.24, 2.45) is 11.7 Å². The molecule has 4 nitrogen and oxygen atoms in total. The van der Waals surface area contributed by atoms with Crippen LogP contribution in [-0.4, -0.2) is 16.9 Å². The number of nitrogens with zero attached hydrogens (tertiary/aromatic N) is 1. The van der Waals surface area contributed by atoms with E-state index in [1.807, 2.05) is 13.1 Å². The van der Waals surface area contributed by atoms with Crippen LogP contribution in [0.25, 0.3) is 0 Å². The summed E-state index contributed by atoms with van der Waals surface area (Å²) in [7, 11) is 0. The molecule has 2 unspecified atom stereocenters. The number of hydrogen-bond acceptors (Lipinski definition) is 4. The molecule has 1 heterocycles. The monoisotopic (exact) mass is 311 g/mol. The zero-order valence-corrected chi connectivity index (χ0v) is 12.7. The average Bonchev–Trinajstić information content (AvgIpc) is 2.84. The van der Waals surface area contributed by atoms with Gasteiger partial charge in [0.25, 0.3) is 0 Å². The second-order valence-corrected chi connectivity index (χ2v) is 5.58. The molecule has 18 heavy (non-hydrogen) atoms. The number of carbonyl (C=O) groups excluding carboxylic acids is 1. The minimum absolute atomic E-state index is 0. The lowest BCUT2D eigenvalue weighted by molar-refractivity contribution is -0.125. The first-order valence-electron chi connectivity index (χ1n) is 5.61. The molecule has 0 radical (unpaired) electrons. The Bertz CT molecular complexity index is 386.